The first-order valence-electron chi connectivity index (χ1n) is 4.82. The summed E-state index contributed by atoms with van der Waals surface area (Å²) in [5.41, 5.74) is 2.58. The van der Waals surface area contributed by atoms with E-state index in [1.807, 2.05) is 36.4 Å². The normalized spacial score (nSPS) is 7.53. The van der Waals surface area contributed by atoms with Crippen LogP contribution in [0, 0.1) is 11.3 Å². The molecule has 0 spiro atoms. The Kier molecular flexibility index (Phi) is 16.7. The molecule has 0 N–H and O–H groups in total. The highest BCUT2D eigenvalue weighted by atomic mass is 35.5. The van der Waals surface area contributed by atoms with E-state index in [1.165, 1.54) is 17.2 Å². The van der Waals surface area contributed by atoms with Crippen molar-refractivity contribution in [2.45, 2.75) is 0 Å². The standard InChI is InChI=1S/C8H8.C4H5Cl.C3H3N/c1-2-8-6-4-3-5-7-8;1-2-3-4-5;1-2-3-4/h2-7H,1H2;2-4H,1H2;2H,1H2. The Morgan fingerprint density at radius 3 is 1.82 bits per heavy atom. The Bertz CT molecular complexity index is 372. The summed E-state index contributed by atoms with van der Waals surface area (Å²) in [6, 6.07) is 11.7. The molecular weight excluding hydrogens is 230 g/mol. The minimum Gasteiger partial charge on any atom is -0.193 e. The Morgan fingerprint density at radius 2 is 1.65 bits per heavy atom. The van der Waals surface area contributed by atoms with E-state index >= 15 is 0 Å². The van der Waals surface area contributed by atoms with Crippen molar-refractivity contribution >= 4 is 17.7 Å². The summed E-state index contributed by atoms with van der Waals surface area (Å²) < 4.78 is 0. The van der Waals surface area contributed by atoms with Crippen LogP contribution in [0.25, 0.3) is 6.08 Å². The molecule has 88 valence electrons. The molecule has 1 rings (SSSR count). The third-order valence-corrected chi connectivity index (χ3v) is 1.48. The highest BCUT2D eigenvalue weighted by Gasteiger charge is 1.75. The van der Waals surface area contributed by atoms with Crippen molar-refractivity contribution in [3.05, 3.63) is 79.4 Å². The van der Waals surface area contributed by atoms with Crippen LogP contribution in [0.4, 0.5) is 0 Å². The number of allylic oxidation sites excluding steroid dienone is 3. The van der Waals surface area contributed by atoms with Crippen molar-refractivity contribution in [3.8, 4) is 6.07 Å². The molecule has 0 amide bonds. The number of hydrogen-bond acceptors (Lipinski definition) is 1. The summed E-state index contributed by atoms with van der Waals surface area (Å²) in [5.74, 6) is 0. The number of nitriles is 1. The molecule has 0 fully saturated rings. The van der Waals surface area contributed by atoms with Crippen LogP contribution in [-0.4, -0.2) is 0 Å². The highest BCUT2D eigenvalue weighted by Crippen LogP contribution is 1.97. The largest absolute Gasteiger partial charge is 0.193 e. The maximum atomic E-state index is 7.51. The average molecular weight is 246 g/mol. The Labute approximate surface area is 109 Å². The van der Waals surface area contributed by atoms with Crippen molar-refractivity contribution < 1.29 is 0 Å². The van der Waals surface area contributed by atoms with Crippen molar-refractivity contribution in [2.75, 3.05) is 0 Å². The van der Waals surface area contributed by atoms with Crippen molar-refractivity contribution in [2.24, 2.45) is 0 Å². The summed E-state index contributed by atoms with van der Waals surface area (Å²) in [7, 11) is 0. The van der Waals surface area contributed by atoms with E-state index in [9.17, 15) is 0 Å². The van der Waals surface area contributed by atoms with Gasteiger partial charge < -0.3 is 0 Å². The first-order valence-corrected chi connectivity index (χ1v) is 5.26. The van der Waals surface area contributed by atoms with Crippen LogP contribution in [0.1, 0.15) is 5.56 Å². The number of hydrogen-bond donors (Lipinski definition) is 0. The number of nitrogens with zero attached hydrogens (tertiary/aromatic N) is 1. The molecule has 0 aliphatic carbocycles. The van der Waals surface area contributed by atoms with E-state index in [-0.39, 0.29) is 0 Å². The molecule has 0 bridgehead atoms. The number of benzene rings is 1. The molecule has 0 aromatic heterocycles. The summed E-state index contributed by atoms with van der Waals surface area (Å²) in [5, 5.41) is 7.51. The van der Waals surface area contributed by atoms with Gasteiger partial charge in [0.05, 0.1) is 6.07 Å². The predicted molar refractivity (Wildman–Crippen MR) is 77.5 cm³/mol. The van der Waals surface area contributed by atoms with E-state index in [4.69, 9.17) is 16.9 Å². The molecule has 1 nitrogen and oxygen atoms in total. The van der Waals surface area contributed by atoms with Crippen LogP contribution in [0.2, 0.25) is 0 Å². The SMILES string of the molecule is C=CC#N.C=CC=CCl.C=Cc1ccccc1. The minimum atomic E-state index is 1.17. The molecule has 0 heterocycles. The quantitative estimate of drug-likeness (QED) is 0.534. The van der Waals surface area contributed by atoms with E-state index in [0.717, 1.165) is 0 Å². The lowest BCUT2D eigenvalue weighted by Crippen LogP contribution is -1.63. The van der Waals surface area contributed by atoms with Gasteiger partial charge in [0, 0.05) is 11.6 Å². The Balaban J connectivity index is 0. The van der Waals surface area contributed by atoms with E-state index < -0.39 is 0 Å². The topological polar surface area (TPSA) is 23.8 Å². The zero-order chi connectivity index (χ0) is 13.4. The van der Waals surface area contributed by atoms with Gasteiger partial charge in [0.25, 0.3) is 0 Å². The van der Waals surface area contributed by atoms with Gasteiger partial charge in [0.2, 0.25) is 0 Å². The van der Waals surface area contributed by atoms with Gasteiger partial charge in [-0.15, -0.1) is 0 Å². The molecule has 0 aliphatic heterocycles. The van der Waals surface area contributed by atoms with Crippen molar-refractivity contribution in [1.82, 2.24) is 0 Å². The monoisotopic (exact) mass is 245 g/mol. The van der Waals surface area contributed by atoms with Gasteiger partial charge >= 0.3 is 0 Å². The fourth-order valence-electron chi connectivity index (χ4n) is 0.641. The third-order valence-electron chi connectivity index (χ3n) is 1.34. The summed E-state index contributed by atoms with van der Waals surface area (Å²) in [6.07, 6.45) is 6.29. The number of halogens is 1. The van der Waals surface area contributed by atoms with Gasteiger partial charge in [-0.05, 0) is 5.56 Å². The molecule has 0 radical (unpaired) electrons. The van der Waals surface area contributed by atoms with Crippen LogP contribution in [0.5, 0.6) is 0 Å². The lowest BCUT2D eigenvalue weighted by atomic mass is 10.2. The molecule has 0 saturated heterocycles. The van der Waals surface area contributed by atoms with Crippen LogP contribution in [0.15, 0.2) is 73.8 Å². The van der Waals surface area contributed by atoms with Gasteiger partial charge in [-0.1, -0.05) is 79.9 Å². The third kappa shape index (κ3) is 16.6. The van der Waals surface area contributed by atoms with Crippen molar-refractivity contribution in [3.63, 3.8) is 0 Å². The van der Waals surface area contributed by atoms with E-state index in [2.05, 4.69) is 19.7 Å². The first kappa shape index (κ1) is 17.4. The fourth-order valence-corrected chi connectivity index (χ4v) is 0.743. The molecule has 1 aromatic carbocycles. The molecule has 17 heavy (non-hydrogen) atoms. The summed E-state index contributed by atoms with van der Waals surface area (Å²) >= 11 is 5.05. The lowest BCUT2D eigenvalue weighted by Gasteiger charge is -1.85. The van der Waals surface area contributed by atoms with Gasteiger partial charge in [-0.25, -0.2) is 0 Å². The second-order valence-electron chi connectivity index (χ2n) is 2.50. The smallest absolute Gasteiger partial charge is 0.0905 e. The fraction of sp³-hybridized carbons (Fsp3) is 0. The summed E-state index contributed by atoms with van der Waals surface area (Å²) in [4.78, 5) is 0. The predicted octanol–water partition coefficient (Wildman–Crippen LogP) is 4.95. The molecule has 1 aromatic rings. The maximum Gasteiger partial charge on any atom is 0.0905 e. The minimum absolute atomic E-state index is 1.17. The van der Waals surface area contributed by atoms with Crippen LogP contribution in [-0.2, 0) is 0 Å². The van der Waals surface area contributed by atoms with Crippen LogP contribution >= 0.6 is 11.6 Å². The maximum absolute atomic E-state index is 7.51. The van der Waals surface area contributed by atoms with E-state index in [0.29, 0.717) is 0 Å². The second-order valence-corrected chi connectivity index (χ2v) is 2.75. The summed E-state index contributed by atoms with van der Waals surface area (Å²) in [6.45, 7) is 10.1. The molecule has 2 heteroatoms. The van der Waals surface area contributed by atoms with Gasteiger partial charge in [0.15, 0.2) is 0 Å². The molecular formula is C15H16ClN. The molecule has 0 unspecified atom stereocenters. The van der Waals surface area contributed by atoms with Gasteiger partial charge in [-0.3, -0.25) is 0 Å². The highest BCUT2D eigenvalue weighted by molar-refractivity contribution is 6.25. The Hall–Kier alpha value is -2.04. The number of rotatable bonds is 2. The Morgan fingerprint density at radius 1 is 1.12 bits per heavy atom. The zero-order valence-corrected chi connectivity index (χ0v) is 10.5. The van der Waals surface area contributed by atoms with Crippen molar-refractivity contribution in [1.29, 1.82) is 5.26 Å². The molecule has 0 saturated carbocycles. The van der Waals surface area contributed by atoms with Crippen LogP contribution < -0.4 is 0 Å². The van der Waals surface area contributed by atoms with Gasteiger partial charge in [0.1, 0.15) is 0 Å². The van der Waals surface area contributed by atoms with Gasteiger partial charge in [-0.2, -0.15) is 5.26 Å². The second kappa shape index (κ2) is 16.4. The average Bonchev–Trinajstić information content (AvgIpc) is 2.41. The first-order chi connectivity index (χ1) is 8.26. The van der Waals surface area contributed by atoms with Crippen LogP contribution in [0.3, 0.4) is 0 Å². The lowest BCUT2D eigenvalue weighted by molar-refractivity contribution is 1.54. The zero-order valence-electron chi connectivity index (χ0n) is 9.72. The van der Waals surface area contributed by atoms with E-state index in [1.54, 1.807) is 18.2 Å². The molecule has 0 atom stereocenters. The molecule has 0 aliphatic rings.